The maximum absolute atomic E-state index is 13.7. The zero-order chi connectivity index (χ0) is 47.7. The number of ether oxygens (including phenoxy) is 4. The molecule has 70 heavy (non-hydrogen) atoms. The smallest absolute Gasteiger partial charge is 0.141 e. The minimum absolute atomic E-state index is 0.0351. The van der Waals surface area contributed by atoms with Crippen molar-refractivity contribution in [1.29, 1.82) is 0 Å². The Morgan fingerprint density at radius 2 is 0.943 bits per heavy atom. The minimum Gasteiger partial charge on any atom is -0.489 e. The number of hydrogen-bond acceptors (Lipinski definition) is 6. The molecule has 6 nitrogen and oxygen atoms in total. The molecule has 6 aromatic carbocycles. The van der Waals surface area contributed by atoms with E-state index < -0.39 is 0 Å². The van der Waals surface area contributed by atoms with E-state index in [2.05, 4.69) is 123 Å². The standard InChI is InChI=1S/C32H36O3.C32H34O3/c2*1-32-19-29(33)31-26-15-13-25(34-20-22-8-4-2-5-9-22)18-24(26)12-14-27(31)28(32)16-17-30(32)35-21-23-10-6-3-7-11-23/h2-11,13,15,18,27-31,33H,12,14,16-17,19-21H2,1H3;2-11,13,15,18,27-28,30-31H,12,14,16-17,19-21H2,1H3/t27?,28?,29-,30+,31?,32+;27?,28?,30-,31?,32-/m10/s1. The van der Waals surface area contributed by atoms with Crippen LogP contribution in [0.4, 0.5) is 0 Å². The van der Waals surface area contributed by atoms with Crippen molar-refractivity contribution in [3.05, 3.63) is 202 Å². The van der Waals surface area contributed by atoms with Gasteiger partial charge in [-0.3, -0.25) is 4.79 Å². The summed E-state index contributed by atoms with van der Waals surface area (Å²) in [5.74, 6) is 4.61. The van der Waals surface area contributed by atoms with Crippen LogP contribution in [-0.2, 0) is 53.5 Å². The second-order valence-electron chi connectivity index (χ2n) is 22.0. The topological polar surface area (TPSA) is 74.2 Å². The van der Waals surface area contributed by atoms with Crippen molar-refractivity contribution in [3.63, 3.8) is 0 Å². The van der Waals surface area contributed by atoms with Gasteiger partial charge in [0.15, 0.2) is 0 Å². The number of hydrogen-bond donors (Lipinski definition) is 1. The van der Waals surface area contributed by atoms with Crippen LogP contribution in [0.2, 0.25) is 0 Å². The summed E-state index contributed by atoms with van der Waals surface area (Å²) in [6.07, 6.45) is 10.3. The van der Waals surface area contributed by atoms with Crippen LogP contribution in [-0.4, -0.2) is 29.2 Å². The molecule has 6 unspecified atom stereocenters. The first-order chi connectivity index (χ1) is 34.2. The number of rotatable bonds is 12. The first-order valence-corrected chi connectivity index (χ1v) is 26.3. The first kappa shape index (κ1) is 46.8. The summed E-state index contributed by atoms with van der Waals surface area (Å²) >= 11 is 0. The third kappa shape index (κ3) is 9.40. The number of aryl methyl sites for hydroxylation is 2. The van der Waals surface area contributed by atoms with Crippen molar-refractivity contribution in [3.8, 4) is 11.5 Å². The van der Waals surface area contributed by atoms with Gasteiger partial charge in [0.25, 0.3) is 0 Å². The van der Waals surface area contributed by atoms with E-state index in [9.17, 15) is 9.90 Å². The monoisotopic (exact) mass is 935 g/mol. The number of fused-ring (bicyclic) bond motifs is 10. The van der Waals surface area contributed by atoms with Crippen LogP contribution in [0.5, 0.6) is 11.5 Å². The van der Waals surface area contributed by atoms with Crippen LogP contribution in [0.1, 0.15) is 122 Å². The van der Waals surface area contributed by atoms with E-state index in [1.54, 1.807) is 0 Å². The number of aliphatic hydroxyl groups excluding tert-OH is 1. The van der Waals surface area contributed by atoms with E-state index in [-0.39, 0.29) is 41.0 Å². The van der Waals surface area contributed by atoms with E-state index >= 15 is 0 Å². The molecule has 0 heterocycles. The van der Waals surface area contributed by atoms with E-state index in [0.29, 0.717) is 62.3 Å². The van der Waals surface area contributed by atoms with E-state index in [1.807, 2.05) is 48.5 Å². The third-order valence-corrected chi connectivity index (χ3v) is 18.0. The Morgan fingerprint density at radius 3 is 1.47 bits per heavy atom. The highest BCUT2D eigenvalue weighted by Gasteiger charge is 2.59. The number of aliphatic hydroxyl groups is 1. The van der Waals surface area contributed by atoms with Gasteiger partial charge in [-0.05, 0) is 156 Å². The van der Waals surface area contributed by atoms with Crippen molar-refractivity contribution in [2.24, 2.45) is 34.5 Å². The molecule has 0 aromatic heterocycles. The highest BCUT2D eigenvalue weighted by molar-refractivity contribution is 5.88. The lowest BCUT2D eigenvalue weighted by molar-refractivity contribution is -0.137. The molecule has 6 aromatic rings. The predicted molar refractivity (Wildman–Crippen MR) is 275 cm³/mol. The van der Waals surface area contributed by atoms with Gasteiger partial charge >= 0.3 is 0 Å². The zero-order valence-electron chi connectivity index (χ0n) is 41.1. The van der Waals surface area contributed by atoms with Gasteiger partial charge in [0.2, 0.25) is 0 Å². The molecule has 0 spiro atoms. The fourth-order valence-electron chi connectivity index (χ4n) is 14.7. The zero-order valence-corrected chi connectivity index (χ0v) is 41.1. The molecule has 362 valence electrons. The largest absolute Gasteiger partial charge is 0.489 e. The van der Waals surface area contributed by atoms with E-state index in [1.165, 1.54) is 45.4 Å². The molecule has 0 bridgehead atoms. The van der Waals surface area contributed by atoms with Crippen LogP contribution < -0.4 is 9.47 Å². The van der Waals surface area contributed by atoms with Crippen LogP contribution in [0.15, 0.2) is 158 Å². The lowest BCUT2D eigenvalue weighted by Gasteiger charge is -2.52. The Hall–Kier alpha value is -5.53. The van der Waals surface area contributed by atoms with Gasteiger partial charge in [0.1, 0.15) is 30.5 Å². The highest BCUT2D eigenvalue weighted by Crippen LogP contribution is 2.63. The van der Waals surface area contributed by atoms with Crippen LogP contribution in [0.25, 0.3) is 0 Å². The summed E-state index contributed by atoms with van der Waals surface area (Å²) in [5.41, 5.74) is 10.0. The second-order valence-corrected chi connectivity index (χ2v) is 22.0. The lowest BCUT2D eigenvalue weighted by Crippen LogP contribution is -2.50. The third-order valence-electron chi connectivity index (χ3n) is 18.0. The fourth-order valence-corrected chi connectivity index (χ4v) is 14.7. The van der Waals surface area contributed by atoms with Crippen LogP contribution >= 0.6 is 0 Å². The molecular formula is C64H70O6. The van der Waals surface area contributed by atoms with Gasteiger partial charge in [-0.15, -0.1) is 0 Å². The number of carbonyl (C=O) groups excluding carboxylic acids is 1. The Balaban J connectivity index is 0.000000152. The van der Waals surface area contributed by atoms with Crippen molar-refractivity contribution >= 4 is 5.78 Å². The number of carbonyl (C=O) groups is 1. The van der Waals surface area contributed by atoms with Crippen molar-refractivity contribution in [2.45, 2.75) is 135 Å². The number of ketones is 1. The molecular weight excluding hydrogens is 865 g/mol. The van der Waals surface area contributed by atoms with Crippen molar-refractivity contribution in [1.82, 2.24) is 0 Å². The Labute approximate surface area is 415 Å². The number of benzene rings is 6. The molecule has 4 fully saturated rings. The van der Waals surface area contributed by atoms with Crippen LogP contribution in [0.3, 0.4) is 0 Å². The SMILES string of the molecule is C[C@]12CC(=O)C3c4ccc(OCc5ccccc5)cc4CCC3C1CC[C@@H]2OCc1ccccc1.C[C@]12C[C@@H](O)C3c4ccc(OCc5ccccc5)cc4CCC3C1CC[C@@H]2OCc1ccccc1. The maximum atomic E-state index is 13.7. The minimum atomic E-state index is -0.322. The van der Waals surface area contributed by atoms with Gasteiger partial charge in [0.05, 0.1) is 31.5 Å². The fraction of sp³-hybridized carbons (Fsp3) is 0.422. The average molecular weight is 935 g/mol. The Morgan fingerprint density at radius 1 is 0.500 bits per heavy atom. The summed E-state index contributed by atoms with van der Waals surface area (Å²) in [6.45, 7) is 7.14. The average Bonchev–Trinajstić information content (AvgIpc) is 3.91. The molecule has 0 amide bonds. The summed E-state index contributed by atoms with van der Waals surface area (Å²) in [5, 5.41) is 11.5. The van der Waals surface area contributed by atoms with Crippen molar-refractivity contribution < 1.29 is 28.8 Å². The van der Waals surface area contributed by atoms with Crippen LogP contribution in [0, 0.1) is 34.5 Å². The molecule has 6 heteroatoms. The molecule has 6 aliphatic carbocycles. The molecule has 11 atom stereocenters. The maximum Gasteiger partial charge on any atom is 0.141 e. The van der Waals surface area contributed by atoms with Gasteiger partial charge in [-0.25, -0.2) is 0 Å². The highest BCUT2D eigenvalue weighted by atomic mass is 16.5. The quantitative estimate of drug-likeness (QED) is 0.132. The summed E-state index contributed by atoms with van der Waals surface area (Å²) in [4.78, 5) is 13.7. The van der Waals surface area contributed by atoms with Gasteiger partial charge in [0, 0.05) is 23.7 Å². The number of Topliss-reactive ketones (excluding diaryl/α,β-unsaturated/α-hetero) is 1. The summed E-state index contributed by atoms with van der Waals surface area (Å²) in [6, 6.07) is 54.4. The van der Waals surface area contributed by atoms with Gasteiger partial charge in [-0.2, -0.15) is 0 Å². The van der Waals surface area contributed by atoms with Gasteiger partial charge < -0.3 is 24.1 Å². The van der Waals surface area contributed by atoms with E-state index in [4.69, 9.17) is 18.9 Å². The molecule has 0 saturated heterocycles. The molecule has 1 N–H and O–H groups in total. The predicted octanol–water partition coefficient (Wildman–Crippen LogP) is 13.6. The molecule has 0 radical (unpaired) electrons. The Bertz CT molecular complexity index is 2710. The van der Waals surface area contributed by atoms with Gasteiger partial charge in [-0.1, -0.05) is 147 Å². The first-order valence-electron chi connectivity index (χ1n) is 26.3. The lowest BCUT2D eigenvalue weighted by atomic mass is 9.54. The molecule has 12 rings (SSSR count). The summed E-state index contributed by atoms with van der Waals surface area (Å²) in [7, 11) is 0. The molecule has 6 aliphatic rings. The van der Waals surface area contributed by atoms with Crippen molar-refractivity contribution in [2.75, 3.05) is 0 Å². The summed E-state index contributed by atoms with van der Waals surface area (Å²) < 4.78 is 25.2. The molecule has 0 aliphatic heterocycles. The van der Waals surface area contributed by atoms with E-state index in [0.717, 1.165) is 68.4 Å². The second kappa shape index (κ2) is 20.3. The Kier molecular flexibility index (Phi) is 13.6. The normalized spacial score (nSPS) is 30.3. The molecule has 4 saturated carbocycles.